The van der Waals surface area contributed by atoms with Crippen LogP contribution in [0.4, 0.5) is 5.13 Å². The average molecular weight is 234 g/mol. The fourth-order valence-electron chi connectivity index (χ4n) is 1.13. The summed E-state index contributed by atoms with van der Waals surface area (Å²) in [5.74, 6) is -0.196. The molecule has 0 unspecified atom stereocenters. The molecule has 2 aromatic rings. The summed E-state index contributed by atoms with van der Waals surface area (Å²) in [4.78, 5) is 15.4. The number of rotatable bonds is 3. The van der Waals surface area contributed by atoms with Crippen LogP contribution in [-0.4, -0.2) is 20.7 Å². The summed E-state index contributed by atoms with van der Waals surface area (Å²) >= 11 is 1.38. The predicted molar refractivity (Wildman–Crippen MR) is 63.0 cm³/mol. The maximum Gasteiger partial charge on any atom is 0.250 e. The van der Waals surface area contributed by atoms with Crippen LogP contribution in [0.25, 0.3) is 6.08 Å². The average Bonchev–Trinajstić information content (AvgIpc) is 2.87. The molecule has 0 saturated heterocycles. The van der Waals surface area contributed by atoms with Crippen LogP contribution in [-0.2, 0) is 11.8 Å². The number of hydrogen-bond acceptors (Lipinski definition) is 4. The van der Waals surface area contributed by atoms with Gasteiger partial charge in [0.05, 0.1) is 6.20 Å². The zero-order chi connectivity index (χ0) is 11.4. The van der Waals surface area contributed by atoms with E-state index in [1.165, 1.54) is 17.4 Å². The number of nitrogens with zero attached hydrogens (tertiary/aromatic N) is 3. The zero-order valence-electron chi connectivity index (χ0n) is 8.62. The highest BCUT2D eigenvalue weighted by molar-refractivity contribution is 7.13. The Bertz CT molecular complexity index is 501. The molecule has 0 bridgehead atoms. The van der Waals surface area contributed by atoms with Crippen molar-refractivity contribution in [2.75, 3.05) is 5.32 Å². The molecule has 2 rings (SSSR count). The van der Waals surface area contributed by atoms with Crippen molar-refractivity contribution in [3.05, 3.63) is 35.6 Å². The van der Waals surface area contributed by atoms with E-state index in [2.05, 4.69) is 15.4 Å². The van der Waals surface area contributed by atoms with Gasteiger partial charge in [-0.1, -0.05) is 0 Å². The molecule has 0 aliphatic carbocycles. The number of aryl methyl sites for hydroxylation is 1. The van der Waals surface area contributed by atoms with Crippen LogP contribution in [0.5, 0.6) is 0 Å². The topological polar surface area (TPSA) is 59.8 Å². The third kappa shape index (κ3) is 2.77. The Hall–Kier alpha value is -1.95. The Morgan fingerprint density at radius 1 is 1.62 bits per heavy atom. The van der Waals surface area contributed by atoms with Crippen LogP contribution < -0.4 is 5.32 Å². The number of nitrogens with one attached hydrogen (secondary N) is 1. The number of hydrogen-bond donors (Lipinski definition) is 1. The second-order valence-electron chi connectivity index (χ2n) is 3.11. The summed E-state index contributed by atoms with van der Waals surface area (Å²) in [6.45, 7) is 0. The summed E-state index contributed by atoms with van der Waals surface area (Å²) in [5, 5.41) is 9.05. The van der Waals surface area contributed by atoms with E-state index in [1.807, 2.05) is 13.2 Å². The van der Waals surface area contributed by atoms with Crippen molar-refractivity contribution in [1.29, 1.82) is 0 Å². The Balaban J connectivity index is 1.94. The normalized spacial score (nSPS) is 10.8. The first kappa shape index (κ1) is 10.6. The molecule has 0 radical (unpaired) electrons. The summed E-state index contributed by atoms with van der Waals surface area (Å²) in [6.07, 6.45) is 8.32. The van der Waals surface area contributed by atoms with Gasteiger partial charge >= 0.3 is 0 Å². The minimum Gasteiger partial charge on any atom is -0.298 e. The van der Waals surface area contributed by atoms with Gasteiger partial charge in [0.1, 0.15) is 0 Å². The fourth-order valence-corrected chi connectivity index (χ4v) is 1.66. The minimum absolute atomic E-state index is 0.196. The molecule has 2 aromatic heterocycles. The molecule has 0 aliphatic heterocycles. The number of carbonyl (C=O) groups excluding carboxylic acids is 1. The van der Waals surface area contributed by atoms with Crippen LogP contribution in [0.15, 0.2) is 30.0 Å². The van der Waals surface area contributed by atoms with Gasteiger partial charge in [0.15, 0.2) is 5.13 Å². The summed E-state index contributed by atoms with van der Waals surface area (Å²) in [7, 11) is 1.83. The van der Waals surface area contributed by atoms with Crippen molar-refractivity contribution in [2.24, 2.45) is 7.05 Å². The molecule has 2 heterocycles. The zero-order valence-corrected chi connectivity index (χ0v) is 9.44. The highest BCUT2D eigenvalue weighted by Crippen LogP contribution is 2.10. The number of thiazole rings is 1. The molecule has 5 nitrogen and oxygen atoms in total. The molecule has 1 N–H and O–H groups in total. The van der Waals surface area contributed by atoms with E-state index in [-0.39, 0.29) is 5.91 Å². The standard InChI is InChI=1S/C10H10N4OS/c1-14-7-8(6-12-14)2-3-9(15)13-10-11-4-5-16-10/h2-7H,1H3,(H,11,13,15). The van der Waals surface area contributed by atoms with E-state index in [9.17, 15) is 4.79 Å². The summed E-state index contributed by atoms with van der Waals surface area (Å²) in [5.41, 5.74) is 0.886. The van der Waals surface area contributed by atoms with Crippen LogP contribution in [0.1, 0.15) is 5.56 Å². The second kappa shape index (κ2) is 4.71. The molecule has 0 aliphatic rings. The van der Waals surface area contributed by atoms with E-state index < -0.39 is 0 Å². The van der Waals surface area contributed by atoms with Gasteiger partial charge in [0, 0.05) is 36.5 Å². The van der Waals surface area contributed by atoms with Gasteiger partial charge in [0.25, 0.3) is 0 Å². The molecular weight excluding hydrogens is 224 g/mol. The Kier molecular flexibility index (Phi) is 3.11. The van der Waals surface area contributed by atoms with E-state index in [4.69, 9.17) is 0 Å². The highest BCUT2D eigenvalue weighted by Gasteiger charge is 1.99. The quantitative estimate of drug-likeness (QED) is 0.819. The molecule has 16 heavy (non-hydrogen) atoms. The minimum atomic E-state index is -0.196. The molecule has 0 fully saturated rings. The predicted octanol–water partition coefficient (Wildman–Crippen LogP) is 1.53. The molecule has 0 spiro atoms. The largest absolute Gasteiger partial charge is 0.298 e. The van der Waals surface area contributed by atoms with Gasteiger partial charge in [-0.3, -0.25) is 14.8 Å². The van der Waals surface area contributed by atoms with E-state index in [0.29, 0.717) is 5.13 Å². The summed E-state index contributed by atoms with van der Waals surface area (Å²) < 4.78 is 1.68. The lowest BCUT2D eigenvalue weighted by atomic mass is 10.3. The fraction of sp³-hybridized carbons (Fsp3) is 0.100. The first-order chi connectivity index (χ1) is 7.74. The molecule has 0 atom stereocenters. The summed E-state index contributed by atoms with van der Waals surface area (Å²) in [6, 6.07) is 0. The Labute approximate surface area is 96.4 Å². The number of carbonyl (C=O) groups is 1. The van der Waals surface area contributed by atoms with E-state index >= 15 is 0 Å². The number of amides is 1. The third-order valence-corrected chi connectivity index (χ3v) is 2.50. The van der Waals surface area contributed by atoms with Gasteiger partial charge < -0.3 is 0 Å². The monoisotopic (exact) mass is 234 g/mol. The first-order valence-electron chi connectivity index (χ1n) is 4.61. The maximum atomic E-state index is 11.4. The van der Waals surface area contributed by atoms with Crippen LogP contribution in [0, 0.1) is 0 Å². The van der Waals surface area contributed by atoms with Gasteiger partial charge in [-0.2, -0.15) is 5.10 Å². The van der Waals surface area contributed by atoms with Crippen molar-refractivity contribution >= 4 is 28.5 Å². The lowest BCUT2D eigenvalue weighted by Gasteiger charge is -1.93. The highest BCUT2D eigenvalue weighted by atomic mass is 32.1. The molecule has 6 heteroatoms. The Morgan fingerprint density at radius 3 is 3.12 bits per heavy atom. The van der Waals surface area contributed by atoms with Gasteiger partial charge in [-0.15, -0.1) is 11.3 Å². The van der Waals surface area contributed by atoms with Crippen molar-refractivity contribution in [2.45, 2.75) is 0 Å². The molecule has 0 aromatic carbocycles. The Morgan fingerprint density at radius 2 is 2.50 bits per heavy atom. The van der Waals surface area contributed by atoms with Crippen LogP contribution in [0.3, 0.4) is 0 Å². The van der Waals surface area contributed by atoms with Crippen molar-refractivity contribution in [3.8, 4) is 0 Å². The van der Waals surface area contributed by atoms with Gasteiger partial charge in [0.2, 0.25) is 5.91 Å². The maximum absolute atomic E-state index is 11.4. The third-order valence-electron chi connectivity index (χ3n) is 1.81. The lowest BCUT2D eigenvalue weighted by Crippen LogP contribution is -2.06. The SMILES string of the molecule is Cn1cc(C=CC(=O)Nc2nccs2)cn1. The van der Waals surface area contributed by atoms with Gasteiger partial charge in [-0.05, 0) is 6.08 Å². The van der Waals surface area contributed by atoms with E-state index in [1.54, 1.807) is 28.5 Å². The number of aromatic nitrogens is 3. The molecule has 1 amide bonds. The lowest BCUT2D eigenvalue weighted by molar-refractivity contribution is -0.111. The number of anilines is 1. The van der Waals surface area contributed by atoms with Crippen molar-refractivity contribution in [1.82, 2.24) is 14.8 Å². The molecular formula is C10H10N4OS. The second-order valence-corrected chi connectivity index (χ2v) is 4.00. The molecule has 0 saturated carbocycles. The van der Waals surface area contributed by atoms with Crippen molar-refractivity contribution in [3.63, 3.8) is 0 Å². The van der Waals surface area contributed by atoms with Gasteiger partial charge in [-0.25, -0.2) is 4.98 Å². The van der Waals surface area contributed by atoms with E-state index in [0.717, 1.165) is 5.56 Å². The van der Waals surface area contributed by atoms with Crippen molar-refractivity contribution < 1.29 is 4.79 Å². The van der Waals surface area contributed by atoms with Crippen LogP contribution in [0.2, 0.25) is 0 Å². The smallest absolute Gasteiger partial charge is 0.250 e. The first-order valence-corrected chi connectivity index (χ1v) is 5.49. The van der Waals surface area contributed by atoms with Crippen LogP contribution >= 0.6 is 11.3 Å². The molecule has 82 valence electrons.